The van der Waals surface area contributed by atoms with E-state index in [4.69, 9.17) is 15.5 Å². The van der Waals surface area contributed by atoms with Crippen LogP contribution in [0.5, 0.6) is 5.75 Å². The molecule has 0 unspecified atom stereocenters. The van der Waals surface area contributed by atoms with E-state index in [1.807, 2.05) is 36.5 Å². The molecule has 146 valence electrons. The van der Waals surface area contributed by atoms with E-state index < -0.39 is 0 Å². The van der Waals surface area contributed by atoms with Crippen LogP contribution in [-0.4, -0.2) is 33.5 Å². The van der Waals surface area contributed by atoms with Crippen molar-refractivity contribution in [1.82, 2.24) is 19.9 Å². The van der Waals surface area contributed by atoms with Crippen LogP contribution in [-0.2, 0) is 19.5 Å². The first kappa shape index (κ1) is 17.7. The minimum atomic E-state index is 0.747. The van der Waals surface area contributed by atoms with Gasteiger partial charge in [-0.25, -0.2) is 9.97 Å². The molecule has 0 bridgehead atoms. The van der Waals surface area contributed by atoms with E-state index in [-0.39, 0.29) is 0 Å². The molecule has 29 heavy (non-hydrogen) atoms. The zero-order valence-corrected chi connectivity index (χ0v) is 16.4. The van der Waals surface area contributed by atoms with Crippen LogP contribution in [0.25, 0.3) is 22.3 Å². The van der Waals surface area contributed by atoms with E-state index in [2.05, 4.69) is 33.2 Å². The molecular formula is C23H23N5O. The number of hydrogen-bond acceptors (Lipinski definition) is 5. The lowest BCUT2D eigenvalue weighted by atomic mass is 10.1. The number of rotatable bonds is 4. The lowest BCUT2D eigenvalue weighted by Gasteiger charge is -2.28. The fourth-order valence-corrected chi connectivity index (χ4v) is 3.94. The second kappa shape index (κ2) is 7.22. The van der Waals surface area contributed by atoms with E-state index >= 15 is 0 Å². The van der Waals surface area contributed by atoms with Gasteiger partial charge in [0.15, 0.2) is 5.82 Å². The van der Waals surface area contributed by atoms with Gasteiger partial charge in [0.2, 0.25) is 0 Å². The molecule has 0 spiro atoms. The molecule has 1 aliphatic rings. The summed E-state index contributed by atoms with van der Waals surface area (Å²) in [5.41, 5.74) is 12.3. The molecule has 0 fully saturated rings. The van der Waals surface area contributed by atoms with Crippen molar-refractivity contribution < 1.29 is 4.74 Å². The van der Waals surface area contributed by atoms with Gasteiger partial charge in [0, 0.05) is 66.2 Å². The SMILES string of the molecule is COc1ccc2[nH]cc(CN3CCc4nc(-c5ccc(N)cc5)ncc4C3)c2c1. The Morgan fingerprint density at radius 3 is 2.86 bits per heavy atom. The summed E-state index contributed by atoms with van der Waals surface area (Å²) in [4.78, 5) is 15.2. The topological polar surface area (TPSA) is 80.1 Å². The predicted molar refractivity (Wildman–Crippen MR) is 115 cm³/mol. The Hall–Kier alpha value is -3.38. The average Bonchev–Trinajstić information content (AvgIpc) is 3.15. The fraction of sp³-hybridized carbons (Fsp3) is 0.217. The van der Waals surface area contributed by atoms with E-state index in [1.54, 1.807) is 7.11 Å². The molecular weight excluding hydrogens is 362 g/mol. The molecule has 0 aliphatic carbocycles. The maximum atomic E-state index is 5.78. The van der Waals surface area contributed by atoms with Gasteiger partial charge < -0.3 is 15.5 Å². The summed E-state index contributed by atoms with van der Waals surface area (Å²) in [5.74, 6) is 1.65. The lowest BCUT2D eigenvalue weighted by molar-refractivity contribution is 0.244. The van der Waals surface area contributed by atoms with E-state index in [9.17, 15) is 0 Å². The molecule has 1 aliphatic heterocycles. The van der Waals surface area contributed by atoms with Crippen LogP contribution in [0.3, 0.4) is 0 Å². The van der Waals surface area contributed by atoms with E-state index in [0.29, 0.717) is 0 Å². The summed E-state index contributed by atoms with van der Waals surface area (Å²) >= 11 is 0. The third-order valence-corrected chi connectivity index (χ3v) is 5.55. The Morgan fingerprint density at radius 2 is 2.03 bits per heavy atom. The highest BCUT2D eigenvalue weighted by Crippen LogP contribution is 2.27. The number of nitrogens with one attached hydrogen (secondary N) is 1. The highest BCUT2D eigenvalue weighted by Gasteiger charge is 2.20. The number of aromatic nitrogens is 3. The molecule has 6 heteroatoms. The van der Waals surface area contributed by atoms with Crippen LogP contribution in [0, 0.1) is 0 Å². The quantitative estimate of drug-likeness (QED) is 0.523. The van der Waals surface area contributed by atoms with Crippen molar-refractivity contribution in [2.75, 3.05) is 19.4 Å². The number of anilines is 1. The second-order valence-corrected chi connectivity index (χ2v) is 7.47. The normalized spacial score (nSPS) is 14.1. The van der Waals surface area contributed by atoms with Crippen LogP contribution < -0.4 is 10.5 Å². The summed E-state index contributed by atoms with van der Waals surface area (Å²) < 4.78 is 5.39. The van der Waals surface area contributed by atoms with Crippen molar-refractivity contribution in [3.05, 3.63) is 71.7 Å². The zero-order chi connectivity index (χ0) is 19.8. The summed E-state index contributed by atoms with van der Waals surface area (Å²) in [5, 5.41) is 1.21. The maximum absolute atomic E-state index is 5.78. The summed E-state index contributed by atoms with van der Waals surface area (Å²) in [6, 6.07) is 13.9. The van der Waals surface area contributed by atoms with Crippen LogP contribution >= 0.6 is 0 Å². The van der Waals surface area contributed by atoms with Crippen molar-refractivity contribution in [1.29, 1.82) is 0 Å². The summed E-state index contributed by atoms with van der Waals surface area (Å²) in [6.07, 6.45) is 4.99. The number of ether oxygens (including phenoxy) is 1. The minimum Gasteiger partial charge on any atom is -0.497 e. The zero-order valence-electron chi connectivity index (χ0n) is 16.4. The molecule has 0 saturated heterocycles. The molecule has 0 saturated carbocycles. The first-order valence-electron chi connectivity index (χ1n) is 9.76. The first-order valence-corrected chi connectivity index (χ1v) is 9.76. The highest BCUT2D eigenvalue weighted by molar-refractivity contribution is 5.84. The maximum Gasteiger partial charge on any atom is 0.159 e. The molecule has 0 atom stereocenters. The molecule has 2 aromatic carbocycles. The largest absolute Gasteiger partial charge is 0.497 e. The highest BCUT2D eigenvalue weighted by atomic mass is 16.5. The molecule has 5 rings (SSSR count). The standard InChI is InChI=1S/C23H23N5O/c1-29-19-6-7-22-20(10-19)16(11-25-22)13-28-9-8-21-17(14-28)12-26-23(27-21)15-2-4-18(24)5-3-15/h2-7,10-12,25H,8-9,13-14,24H2,1H3. The van der Waals surface area contributed by atoms with Crippen molar-refractivity contribution in [3.63, 3.8) is 0 Å². The van der Waals surface area contributed by atoms with Crippen LogP contribution in [0.1, 0.15) is 16.8 Å². The molecule has 3 heterocycles. The number of aromatic amines is 1. The number of nitrogen functional groups attached to an aromatic ring is 1. The molecule has 2 aromatic heterocycles. The van der Waals surface area contributed by atoms with Crippen molar-refractivity contribution >= 4 is 16.6 Å². The molecule has 0 amide bonds. The van der Waals surface area contributed by atoms with E-state index in [0.717, 1.165) is 60.1 Å². The monoisotopic (exact) mass is 385 g/mol. The number of H-pyrrole nitrogens is 1. The third-order valence-electron chi connectivity index (χ3n) is 5.55. The average molecular weight is 385 g/mol. The smallest absolute Gasteiger partial charge is 0.159 e. The lowest BCUT2D eigenvalue weighted by Crippen LogP contribution is -2.30. The van der Waals surface area contributed by atoms with Crippen LogP contribution in [0.2, 0.25) is 0 Å². The molecule has 4 aromatic rings. The van der Waals surface area contributed by atoms with Gasteiger partial charge in [0.05, 0.1) is 12.8 Å². The summed E-state index contributed by atoms with van der Waals surface area (Å²) in [6.45, 7) is 2.71. The van der Waals surface area contributed by atoms with Crippen LogP contribution in [0.4, 0.5) is 5.69 Å². The number of benzene rings is 2. The van der Waals surface area contributed by atoms with Gasteiger partial charge in [-0.2, -0.15) is 0 Å². The molecule has 3 N–H and O–H groups in total. The number of methoxy groups -OCH3 is 1. The van der Waals surface area contributed by atoms with Gasteiger partial charge in [-0.3, -0.25) is 4.90 Å². The number of hydrogen-bond donors (Lipinski definition) is 2. The Kier molecular flexibility index (Phi) is 4.41. The van der Waals surface area contributed by atoms with Gasteiger partial charge in [-0.15, -0.1) is 0 Å². The number of nitrogens with zero attached hydrogens (tertiary/aromatic N) is 3. The number of fused-ring (bicyclic) bond motifs is 2. The summed E-state index contributed by atoms with van der Waals surface area (Å²) in [7, 11) is 1.70. The first-order chi connectivity index (χ1) is 14.2. The Morgan fingerprint density at radius 1 is 1.17 bits per heavy atom. The fourth-order valence-electron chi connectivity index (χ4n) is 3.94. The van der Waals surface area contributed by atoms with Crippen LogP contribution in [0.15, 0.2) is 54.9 Å². The van der Waals surface area contributed by atoms with Crippen molar-refractivity contribution in [2.45, 2.75) is 19.5 Å². The molecule has 0 radical (unpaired) electrons. The van der Waals surface area contributed by atoms with Gasteiger partial charge >= 0.3 is 0 Å². The van der Waals surface area contributed by atoms with E-state index in [1.165, 1.54) is 16.5 Å². The Bertz CT molecular complexity index is 1170. The van der Waals surface area contributed by atoms with Gasteiger partial charge in [-0.05, 0) is 48.0 Å². The van der Waals surface area contributed by atoms with Crippen molar-refractivity contribution in [3.8, 4) is 17.1 Å². The molecule has 6 nitrogen and oxygen atoms in total. The third kappa shape index (κ3) is 3.43. The minimum absolute atomic E-state index is 0.747. The van der Waals surface area contributed by atoms with Crippen molar-refractivity contribution in [2.24, 2.45) is 0 Å². The second-order valence-electron chi connectivity index (χ2n) is 7.47. The Balaban J connectivity index is 1.35. The predicted octanol–water partition coefficient (Wildman–Crippen LogP) is 3.77. The van der Waals surface area contributed by atoms with Gasteiger partial charge in [0.25, 0.3) is 0 Å². The van der Waals surface area contributed by atoms with Gasteiger partial charge in [0.1, 0.15) is 5.75 Å². The van der Waals surface area contributed by atoms with Gasteiger partial charge in [-0.1, -0.05) is 0 Å². The number of nitrogens with two attached hydrogens (primary N) is 1. The Labute approximate surface area is 169 Å².